The highest BCUT2D eigenvalue weighted by atomic mass is 19.4. The Morgan fingerprint density at radius 2 is 1.71 bits per heavy atom. The molecule has 7 heteroatoms. The molecule has 0 spiro atoms. The molecule has 0 amide bonds. The van der Waals surface area contributed by atoms with E-state index in [1.165, 1.54) is 4.90 Å². The monoisotopic (exact) mass is 309 g/mol. The highest BCUT2D eigenvalue weighted by molar-refractivity contribution is 4.98. The molecule has 0 aromatic rings. The minimum absolute atomic E-state index is 0.0423. The fourth-order valence-electron chi connectivity index (χ4n) is 3.65. The molecule has 2 rings (SSSR count). The van der Waals surface area contributed by atoms with E-state index in [4.69, 9.17) is 10.5 Å². The maximum absolute atomic E-state index is 12.4. The van der Waals surface area contributed by atoms with Gasteiger partial charge in [0.1, 0.15) is 0 Å². The summed E-state index contributed by atoms with van der Waals surface area (Å²) in [5, 5.41) is 0. The molecular formula is C14H26F3N3O. The van der Waals surface area contributed by atoms with Crippen molar-refractivity contribution in [3.63, 3.8) is 0 Å². The molecule has 2 aliphatic rings. The third-order valence-corrected chi connectivity index (χ3v) is 5.02. The Morgan fingerprint density at radius 1 is 1.14 bits per heavy atom. The van der Waals surface area contributed by atoms with Gasteiger partial charge >= 0.3 is 6.18 Å². The van der Waals surface area contributed by atoms with Crippen LogP contribution in [0, 0.1) is 0 Å². The molecule has 4 nitrogen and oxygen atoms in total. The molecule has 2 N–H and O–H groups in total. The van der Waals surface area contributed by atoms with Gasteiger partial charge in [-0.05, 0) is 25.7 Å². The standard InChI is InChI=1S/C14H26F3N3O/c1-21-12-2-4-13(10-18,5-3-12)20-8-6-19(7-9-20)11-14(15,16)17/h12H,2-11,18H2,1H3. The zero-order valence-corrected chi connectivity index (χ0v) is 12.7. The molecule has 1 aliphatic carbocycles. The Hall–Kier alpha value is -0.370. The molecule has 124 valence electrons. The minimum Gasteiger partial charge on any atom is -0.381 e. The van der Waals surface area contributed by atoms with Gasteiger partial charge < -0.3 is 10.5 Å². The van der Waals surface area contributed by atoms with Crippen LogP contribution in [0.1, 0.15) is 25.7 Å². The Morgan fingerprint density at radius 3 is 2.14 bits per heavy atom. The molecule has 1 saturated heterocycles. The maximum Gasteiger partial charge on any atom is 0.401 e. The maximum atomic E-state index is 12.4. The molecule has 2 fully saturated rings. The summed E-state index contributed by atoms with van der Waals surface area (Å²) in [5.74, 6) is 0. The summed E-state index contributed by atoms with van der Waals surface area (Å²) in [6.07, 6.45) is 0.107. The number of nitrogens with zero attached hydrogens (tertiary/aromatic N) is 2. The van der Waals surface area contributed by atoms with Crippen LogP contribution >= 0.6 is 0 Å². The lowest BCUT2D eigenvalue weighted by molar-refractivity contribution is -0.151. The van der Waals surface area contributed by atoms with Crippen LogP contribution < -0.4 is 5.73 Å². The number of piperazine rings is 1. The van der Waals surface area contributed by atoms with Gasteiger partial charge in [-0.15, -0.1) is 0 Å². The van der Waals surface area contributed by atoms with E-state index >= 15 is 0 Å². The zero-order valence-electron chi connectivity index (χ0n) is 12.7. The van der Waals surface area contributed by atoms with Crippen molar-refractivity contribution in [1.29, 1.82) is 0 Å². The van der Waals surface area contributed by atoms with Crippen LogP contribution in [0.15, 0.2) is 0 Å². The van der Waals surface area contributed by atoms with Crippen molar-refractivity contribution in [1.82, 2.24) is 9.80 Å². The quantitative estimate of drug-likeness (QED) is 0.853. The van der Waals surface area contributed by atoms with Gasteiger partial charge in [0, 0.05) is 45.4 Å². The number of ether oxygens (including phenoxy) is 1. The molecule has 1 heterocycles. The van der Waals surface area contributed by atoms with Crippen LogP contribution in [0.5, 0.6) is 0 Å². The summed E-state index contributed by atoms with van der Waals surface area (Å²) in [6.45, 7) is 2.05. The third-order valence-electron chi connectivity index (χ3n) is 5.02. The second-order valence-electron chi connectivity index (χ2n) is 6.24. The van der Waals surface area contributed by atoms with E-state index in [1.54, 1.807) is 7.11 Å². The van der Waals surface area contributed by atoms with Gasteiger partial charge in [0.05, 0.1) is 12.6 Å². The molecule has 0 aromatic carbocycles. The van der Waals surface area contributed by atoms with Crippen LogP contribution in [-0.4, -0.2) is 74.0 Å². The number of hydrogen-bond acceptors (Lipinski definition) is 4. The summed E-state index contributed by atoms with van der Waals surface area (Å²) in [5.41, 5.74) is 5.97. The van der Waals surface area contributed by atoms with Crippen molar-refractivity contribution in [3.8, 4) is 0 Å². The summed E-state index contributed by atoms with van der Waals surface area (Å²) in [4.78, 5) is 3.80. The number of rotatable bonds is 4. The Balaban J connectivity index is 1.88. The van der Waals surface area contributed by atoms with Crippen molar-refractivity contribution >= 4 is 0 Å². The SMILES string of the molecule is COC1CCC(CN)(N2CCN(CC(F)(F)F)CC2)CC1. The van der Waals surface area contributed by atoms with E-state index in [1.807, 2.05) is 0 Å². The highest BCUT2D eigenvalue weighted by Crippen LogP contribution is 2.35. The average Bonchev–Trinajstić information content (AvgIpc) is 2.46. The average molecular weight is 309 g/mol. The van der Waals surface area contributed by atoms with E-state index in [2.05, 4.69) is 4.90 Å². The first-order valence-corrected chi connectivity index (χ1v) is 7.65. The summed E-state index contributed by atoms with van der Waals surface area (Å²) < 4.78 is 42.7. The van der Waals surface area contributed by atoms with Crippen molar-refractivity contribution in [3.05, 3.63) is 0 Å². The lowest BCUT2D eigenvalue weighted by Gasteiger charge is -2.50. The van der Waals surface area contributed by atoms with Crippen molar-refractivity contribution in [2.75, 3.05) is 46.4 Å². The van der Waals surface area contributed by atoms with Gasteiger partial charge in [0.2, 0.25) is 0 Å². The van der Waals surface area contributed by atoms with E-state index in [0.29, 0.717) is 38.8 Å². The summed E-state index contributed by atoms with van der Waals surface area (Å²) in [6, 6.07) is 0. The molecule has 0 atom stereocenters. The first-order chi connectivity index (χ1) is 9.88. The second kappa shape index (κ2) is 6.81. The highest BCUT2D eigenvalue weighted by Gasteiger charge is 2.41. The van der Waals surface area contributed by atoms with Gasteiger partial charge in [-0.1, -0.05) is 0 Å². The minimum atomic E-state index is -4.11. The predicted molar refractivity (Wildman–Crippen MR) is 75.1 cm³/mol. The number of alkyl halides is 3. The molecular weight excluding hydrogens is 283 g/mol. The first-order valence-electron chi connectivity index (χ1n) is 7.65. The number of methoxy groups -OCH3 is 1. The topological polar surface area (TPSA) is 41.7 Å². The lowest BCUT2D eigenvalue weighted by Crippen LogP contribution is -2.62. The number of nitrogens with two attached hydrogens (primary N) is 1. The van der Waals surface area contributed by atoms with Crippen LogP contribution in [0.3, 0.4) is 0 Å². The van der Waals surface area contributed by atoms with E-state index in [0.717, 1.165) is 25.7 Å². The predicted octanol–water partition coefficient (Wildman–Crippen LogP) is 1.45. The third kappa shape index (κ3) is 4.31. The largest absolute Gasteiger partial charge is 0.401 e. The van der Waals surface area contributed by atoms with E-state index < -0.39 is 12.7 Å². The van der Waals surface area contributed by atoms with Gasteiger partial charge in [-0.3, -0.25) is 9.80 Å². The zero-order chi connectivity index (χ0) is 15.5. The van der Waals surface area contributed by atoms with Gasteiger partial charge in [0.15, 0.2) is 0 Å². The Bertz CT molecular complexity index is 322. The normalized spacial score (nSPS) is 33.3. The fourth-order valence-corrected chi connectivity index (χ4v) is 3.65. The first kappa shape index (κ1) is 17.0. The molecule has 21 heavy (non-hydrogen) atoms. The Kier molecular flexibility index (Phi) is 5.51. The summed E-state index contributed by atoms with van der Waals surface area (Å²) in [7, 11) is 1.73. The van der Waals surface area contributed by atoms with E-state index in [9.17, 15) is 13.2 Å². The molecule has 0 unspecified atom stereocenters. The Labute approximate surface area is 124 Å². The lowest BCUT2D eigenvalue weighted by atomic mass is 9.78. The molecule has 1 aliphatic heterocycles. The molecule has 0 radical (unpaired) electrons. The fraction of sp³-hybridized carbons (Fsp3) is 1.00. The van der Waals surface area contributed by atoms with Crippen LogP contribution in [0.2, 0.25) is 0 Å². The van der Waals surface area contributed by atoms with Gasteiger partial charge in [-0.25, -0.2) is 0 Å². The number of halogens is 3. The van der Waals surface area contributed by atoms with Crippen molar-refractivity contribution in [2.45, 2.75) is 43.5 Å². The van der Waals surface area contributed by atoms with Crippen LogP contribution in [0.4, 0.5) is 13.2 Å². The van der Waals surface area contributed by atoms with Gasteiger partial charge in [0.25, 0.3) is 0 Å². The van der Waals surface area contributed by atoms with Crippen LogP contribution in [0.25, 0.3) is 0 Å². The molecule has 0 bridgehead atoms. The molecule has 0 aromatic heterocycles. The second-order valence-corrected chi connectivity index (χ2v) is 6.24. The van der Waals surface area contributed by atoms with E-state index in [-0.39, 0.29) is 5.54 Å². The van der Waals surface area contributed by atoms with Crippen molar-refractivity contribution < 1.29 is 17.9 Å². The van der Waals surface area contributed by atoms with Crippen molar-refractivity contribution in [2.24, 2.45) is 5.73 Å². The van der Waals surface area contributed by atoms with Crippen LogP contribution in [-0.2, 0) is 4.74 Å². The molecule has 1 saturated carbocycles. The summed E-state index contributed by atoms with van der Waals surface area (Å²) >= 11 is 0. The van der Waals surface area contributed by atoms with Gasteiger partial charge in [-0.2, -0.15) is 13.2 Å². The number of hydrogen-bond donors (Lipinski definition) is 1. The smallest absolute Gasteiger partial charge is 0.381 e.